The molecule has 1 aromatic carbocycles. The average molecular weight is 258 g/mol. The molecule has 19 heavy (non-hydrogen) atoms. The zero-order chi connectivity index (χ0) is 13.2. The number of nitrogens with one attached hydrogen (secondary N) is 1. The van der Waals surface area contributed by atoms with Crippen molar-refractivity contribution in [2.75, 3.05) is 19.6 Å². The maximum atomic E-state index is 3.56. The van der Waals surface area contributed by atoms with Crippen LogP contribution in [0.25, 0.3) is 0 Å². The molecule has 2 heterocycles. The predicted octanol–water partition coefficient (Wildman–Crippen LogP) is 2.68. The van der Waals surface area contributed by atoms with E-state index < -0.39 is 0 Å². The number of nitrogens with zero attached hydrogens (tertiary/aromatic N) is 1. The Balaban J connectivity index is 1.68. The van der Waals surface area contributed by atoms with E-state index in [1.54, 1.807) is 0 Å². The largest absolute Gasteiger partial charge is 0.316 e. The summed E-state index contributed by atoms with van der Waals surface area (Å²) in [6.45, 7) is 9.44. The summed E-state index contributed by atoms with van der Waals surface area (Å²) >= 11 is 0. The summed E-state index contributed by atoms with van der Waals surface area (Å²) in [5, 5.41) is 3.56. The van der Waals surface area contributed by atoms with Gasteiger partial charge in [0.25, 0.3) is 0 Å². The number of aryl methyl sites for hydroxylation is 1. The van der Waals surface area contributed by atoms with E-state index in [2.05, 4.69) is 48.3 Å². The molecule has 2 aliphatic heterocycles. The SMILES string of the molecule is CCc1ccc(CN2CC3CNCC3C2CC)cc1. The van der Waals surface area contributed by atoms with Crippen LogP contribution in [-0.4, -0.2) is 30.6 Å². The van der Waals surface area contributed by atoms with E-state index in [-0.39, 0.29) is 0 Å². The van der Waals surface area contributed by atoms with E-state index in [9.17, 15) is 0 Å². The quantitative estimate of drug-likeness (QED) is 0.893. The number of likely N-dealkylation sites (tertiary alicyclic amines) is 1. The van der Waals surface area contributed by atoms with Crippen LogP contribution in [0, 0.1) is 11.8 Å². The van der Waals surface area contributed by atoms with Crippen molar-refractivity contribution in [1.82, 2.24) is 10.2 Å². The third-order valence-corrected chi connectivity index (χ3v) is 5.06. The van der Waals surface area contributed by atoms with Gasteiger partial charge in [0, 0.05) is 19.1 Å². The molecule has 3 rings (SSSR count). The summed E-state index contributed by atoms with van der Waals surface area (Å²) in [7, 11) is 0. The van der Waals surface area contributed by atoms with Crippen LogP contribution in [0.15, 0.2) is 24.3 Å². The van der Waals surface area contributed by atoms with Crippen molar-refractivity contribution >= 4 is 0 Å². The number of benzene rings is 1. The summed E-state index contributed by atoms with van der Waals surface area (Å²) in [5.74, 6) is 1.78. The standard InChI is InChI=1S/C17H26N2/c1-3-13-5-7-14(8-6-13)11-19-12-15-9-18-10-16(15)17(19)4-2/h5-8,15-18H,3-4,9-12H2,1-2H3. The van der Waals surface area contributed by atoms with Crippen molar-refractivity contribution in [3.8, 4) is 0 Å². The highest BCUT2D eigenvalue weighted by Gasteiger charge is 2.42. The monoisotopic (exact) mass is 258 g/mol. The molecule has 3 atom stereocenters. The molecular weight excluding hydrogens is 232 g/mol. The van der Waals surface area contributed by atoms with Gasteiger partial charge in [0.2, 0.25) is 0 Å². The molecular formula is C17H26N2. The first-order valence-corrected chi connectivity index (χ1v) is 7.84. The van der Waals surface area contributed by atoms with Crippen LogP contribution in [0.2, 0.25) is 0 Å². The lowest BCUT2D eigenvalue weighted by atomic mass is 9.93. The van der Waals surface area contributed by atoms with Gasteiger partial charge in [0.05, 0.1) is 0 Å². The zero-order valence-electron chi connectivity index (χ0n) is 12.2. The normalized spacial score (nSPS) is 30.7. The van der Waals surface area contributed by atoms with Gasteiger partial charge in [0.15, 0.2) is 0 Å². The van der Waals surface area contributed by atoms with Gasteiger partial charge >= 0.3 is 0 Å². The highest BCUT2D eigenvalue weighted by atomic mass is 15.2. The van der Waals surface area contributed by atoms with Crippen molar-refractivity contribution in [2.24, 2.45) is 11.8 Å². The minimum Gasteiger partial charge on any atom is -0.316 e. The van der Waals surface area contributed by atoms with Crippen molar-refractivity contribution in [2.45, 2.75) is 39.3 Å². The summed E-state index contributed by atoms with van der Waals surface area (Å²) in [6.07, 6.45) is 2.42. The average Bonchev–Trinajstić information content (AvgIpc) is 3.00. The van der Waals surface area contributed by atoms with Gasteiger partial charge in [-0.05, 0) is 48.9 Å². The highest BCUT2D eigenvalue weighted by Crippen LogP contribution is 2.35. The van der Waals surface area contributed by atoms with Crippen LogP contribution >= 0.6 is 0 Å². The van der Waals surface area contributed by atoms with Crippen LogP contribution in [0.5, 0.6) is 0 Å². The Morgan fingerprint density at radius 1 is 1.11 bits per heavy atom. The van der Waals surface area contributed by atoms with Gasteiger partial charge in [-0.2, -0.15) is 0 Å². The molecule has 2 fully saturated rings. The van der Waals surface area contributed by atoms with E-state index in [1.807, 2.05) is 0 Å². The van der Waals surface area contributed by atoms with Crippen LogP contribution in [-0.2, 0) is 13.0 Å². The first kappa shape index (κ1) is 13.1. The first-order chi connectivity index (χ1) is 9.31. The third kappa shape index (κ3) is 2.56. The van der Waals surface area contributed by atoms with Gasteiger partial charge in [0.1, 0.15) is 0 Å². The number of rotatable bonds is 4. The second-order valence-corrected chi connectivity index (χ2v) is 6.16. The Kier molecular flexibility index (Phi) is 3.90. The molecule has 2 heteroatoms. The molecule has 1 aromatic rings. The fourth-order valence-corrected chi connectivity index (χ4v) is 3.97. The maximum absolute atomic E-state index is 3.56. The predicted molar refractivity (Wildman–Crippen MR) is 80.2 cm³/mol. The molecule has 0 radical (unpaired) electrons. The minimum absolute atomic E-state index is 0.783. The molecule has 0 aromatic heterocycles. The Morgan fingerprint density at radius 3 is 2.53 bits per heavy atom. The van der Waals surface area contributed by atoms with Gasteiger partial charge in [-0.15, -0.1) is 0 Å². The number of fused-ring (bicyclic) bond motifs is 1. The number of hydrogen-bond donors (Lipinski definition) is 1. The van der Waals surface area contributed by atoms with Crippen LogP contribution < -0.4 is 5.32 Å². The van der Waals surface area contributed by atoms with Crippen LogP contribution in [0.3, 0.4) is 0 Å². The molecule has 2 nitrogen and oxygen atoms in total. The molecule has 2 aliphatic rings. The second kappa shape index (κ2) is 5.64. The molecule has 104 valence electrons. The Hall–Kier alpha value is -0.860. The van der Waals surface area contributed by atoms with E-state index in [0.29, 0.717) is 0 Å². The summed E-state index contributed by atoms with van der Waals surface area (Å²) in [6, 6.07) is 9.99. The summed E-state index contributed by atoms with van der Waals surface area (Å²) in [4.78, 5) is 2.72. The lowest BCUT2D eigenvalue weighted by Crippen LogP contribution is -2.34. The molecule has 0 saturated carbocycles. The summed E-state index contributed by atoms with van der Waals surface area (Å²) < 4.78 is 0. The maximum Gasteiger partial charge on any atom is 0.0236 e. The molecule has 0 amide bonds. The second-order valence-electron chi connectivity index (χ2n) is 6.16. The van der Waals surface area contributed by atoms with E-state index in [0.717, 1.165) is 30.8 Å². The Labute approximate surface area is 117 Å². The van der Waals surface area contributed by atoms with Crippen molar-refractivity contribution in [3.05, 3.63) is 35.4 Å². The molecule has 0 aliphatic carbocycles. The van der Waals surface area contributed by atoms with Crippen molar-refractivity contribution in [3.63, 3.8) is 0 Å². The minimum atomic E-state index is 0.783. The van der Waals surface area contributed by atoms with Gasteiger partial charge < -0.3 is 5.32 Å². The van der Waals surface area contributed by atoms with E-state index in [4.69, 9.17) is 0 Å². The molecule has 3 unspecified atom stereocenters. The fourth-order valence-electron chi connectivity index (χ4n) is 3.97. The third-order valence-electron chi connectivity index (χ3n) is 5.06. The van der Waals surface area contributed by atoms with E-state index in [1.165, 1.54) is 37.2 Å². The Bertz CT molecular complexity index is 412. The van der Waals surface area contributed by atoms with Crippen molar-refractivity contribution < 1.29 is 0 Å². The molecule has 0 bridgehead atoms. The van der Waals surface area contributed by atoms with Gasteiger partial charge in [-0.25, -0.2) is 0 Å². The van der Waals surface area contributed by atoms with Gasteiger partial charge in [-0.1, -0.05) is 38.1 Å². The number of hydrogen-bond acceptors (Lipinski definition) is 2. The molecule has 2 saturated heterocycles. The van der Waals surface area contributed by atoms with Crippen molar-refractivity contribution in [1.29, 1.82) is 0 Å². The Morgan fingerprint density at radius 2 is 1.84 bits per heavy atom. The highest BCUT2D eigenvalue weighted by molar-refractivity contribution is 5.22. The molecule has 1 N–H and O–H groups in total. The van der Waals surface area contributed by atoms with Crippen LogP contribution in [0.4, 0.5) is 0 Å². The summed E-state index contributed by atoms with van der Waals surface area (Å²) in [5.41, 5.74) is 2.92. The molecule has 0 spiro atoms. The van der Waals surface area contributed by atoms with Crippen LogP contribution in [0.1, 0.15) is 31.4 Å². The fraction of sp³-hybridized carbons (Fsp3) is 0.647. The smallest absolute Gasteiger partial charge is 0.0236 e. The lowest BCUT2D eigenvalue weighted by Gasteiger charge is -2.26. The van der Waals surface area contributed by atoms with Gasteiger partial charge in [-0.3, -0.25) is 4.90 Å². The zero-order valence-corrected chi connectivity index (χ0v) is 12.2. The van der Waals surface area contributed by atoms with E-state index >= 15 is 0 Å². The topological polar surface area (TPSA) is 15.3 Å². The first-order valence-electron chi connectivity index (χ1n) is 7.84. The lowest BCUT2D eigenvalue weighted by molar-refractivity contribution is 0.210.